The fourth-order valence-corrected chi connectivity index (χ4v) is 6.18. The third-order valence-corrected chi connectivity index (χ3v) is 7.40. The van der Waals surface area contributed by atoms with Gasteiger partial charge in [0.1, 0.15) is 0 Å². The number of ether oxygens (including phenoxy) is 1. The number of carbonyl (C=O) groups is 1. The summed E-state index contributed by atoms with van der Waals surface area (Å²) in [4.78, 5) is 11.3. The van der Waals surface area contributed by atoms with Crippen molar-refractivity contribution in [2.45, 2.75) is 90.8 Å². The van der Waals surface area contributed by atoms with Crippen LogP contribution >= 0.6 is 0 Å². The molecule has 0 unspecified atom stereocenters. The summed E-state index contributed by atoms with van der Waals surface area (Å²) in [5.41, 5.74) is 0.976. The lowest BCUT2D eigenvalue weighted by Crippen LogP contribution is -2.59. The molecule has 2 fully saturated rings. The van der Waals surface area contributed by atoms with Crippen molar-refractivity contribution >= 4 is 5.97 Å². The molecule has 1 saturated heterocycles. The third-order valence-electron chi connectivity index (χ3n) is 7.40. The lowest BCUT2D eigenvalue weighted by Gasteiger charge is -2.61. The van der Waals surface area contributed by atoms with Crippen LogP contribution in [0.25, 0.3) is 0 Å². The maximum atomic E-state index is 11.3. The molecule has 0 radical (unpaired) electrons. The topological polar surface area (TPSA) is 46.5 Å². The Morgan fingerprint density at radius 1 is 1.22 bits per heavy atom. The van der Waals surface area contributed by atoms with E-state index in [-0.39, 0.29) is 17.4 Å². The van der Waals surface area contributed by atoms with Crippen molar-refractivity contribution < 1.29 is 14.6 Å². The molecular weight excluding hydrogens is 288 g/mol. The van der Waals surface area contributed by atoms with Crippen molar-refractivity contribution in [1.29, 1.82) is 0 Å². The SMILES string of the molecule is CC1=CC[C@@H]2C(C)(C)CCC[C@]2(C)[C@@]12CC[C@](C)(CC(=O)O)O2. The number of fused-ring (bicyclic) bond motifs is 2. The van der Waals surface area contributed by atoms with Gasteiger partial charge in [-0.1, -0.05) is 33.3 Å². The van der Waals surface area contributed by atoms with Crippen LogP contribution in [0.5, 0.6) is 0 Å². The number of hydrogen-bond donors (Lipinski definition) is 1. The number of carboxylic acid groups (broad SMARTS) is 1. The van der Waals surface area contributed by atoms with E-state index in [0.29, 0.717) is 11.3 Å². The zero-order valence-corrected chi connectivity index (χ0v) is 15.4. The molecular formula is C20H32O3. The summed E-state index contributed by atoms with van der Waals surface area (Å²) in [6, 6.07) is 0. The second-order valence-electron chi connectivity index (χ2n) is 9.38. The van der Waals surface area contributed by atoms with Crippen LogP contribution in [0.4, 0.5) is 0 Å². The first-order chi connectivity index (χ1) is 10.5. The minimum atomic E-state index is -0.757. The highest BCUT2D eigenvalue weighted by Gasteiger charge is 2.64. The second-order valence-corrected chi connectivity index (χ2v) is 9.38. The summed E-state index contributed by atoms with van der Waals surface area (Å²) in [6.07, 6.45) is 9.13. The van der Waals surface area contributed by atoms with E-state index < -0.39 is 11.6 Å². The zero-order chi connectivity index (χ0) is 17.1. The van der Waals surface area contributed by atoms with Crippen LogP contribution in [-0.4, -0.2) is 22.3 Å². The Morgan fingerprint density at radius 3 is 2.57 bits per heavy atom. The van der Waals surface area contributed by atoms with Crippen LogP contribution in [0.2, 0.25) is 0 Å². The van der Waals surface area contributed by atoms with Gasteiger partial charge in [0.05, 0.1) is 17.6 Å². The van der Waals surface area contributed by atoms with Crippen LogP contribution in [0.1, 0.15) is 79.6 Å². The smallest absolute Gasteiger partial charge is 0.306 e. The molecule has 4 atom stereocenters. The first-order valence-corrected chi connectivity index (χ1v) is 9.14. The highest BCUT2D eigenvalue weighted by Crippen LogP contribution is 2.66. The van der Waals surface area contributed by atoms with Crippen LogP contribution in [0.3, 0.4) is 0 Å². The van der Waals surface area contributed by atoms with Gasteiger partial charge in [0.15, 0.2) is 0 Å². The standard InChI is InChI=1S/C20H32O3/c1-14-7-8-15-17(2,3)9-6-10-19(15,5)20(14)12-11-18(4,23-20)13-16(21)22/h7,15H,6,8-13H2,1-5H3,(H,21,22)/t15-,18-,19+,20-/m1/s1. The molecule has 3 heteroatoms. The summed E-state index contributed by atoms with van der Waals surface area (Å²) in [5, 5.41) is 9.28. The van der Waals surface area contributed by atoms with Gasteiger partial charge in [-0.2, -0.15) is 0 Å². The second kappa shape index (κ2) is 5.08. The van der Waals surface area contributed by atoms with Gasteiger partial charge in [-0.05, 0) is 62.9 Å². The maximum Gasteiger partial charge on any atom is 0.306 e. The Hall–Kier alpha value is -0.830. The lowest BCUT2D eigenvalue weighted by molar-refractivity contribution is -0.193. The molecule has 3 rings (SSSR count). The molecule has 1 saturated carbocycles. The summed E-state index contributed by atoms with van der Waals surface area (Å²) in [5.74, 6) is -0.146. The van der Waals surface area contributed by atoms with Gasteiger partial charge in [-0.25, -0.2) is 0 Å². The van der Waals surface area contributed by atoms with Crippen LogP contribution in [0, 0.1) is 16.7 Å². The van der Waals surface area contributed by atoms with E-state index in [1.54, 1.807) is 0 Å². The average Bonchev–Trinajstić information content (AvgIpc) is 2.74. The zero-order valence-electron chi connectivity index (χ0n) is 15.4. The minimum Gasteiger partial charge on any atom is -0.481 e. The van der Waals surface area contributed by atoms with E-state index >= 15 is 0 Å². The van der Waals surface area contributed by atoms with Gasteiger partial charge < -0.3 is 9.84 Å². The monoisotopic (exact) mass is 320 g/mol. The average molecular weight is 320 g/mol. The highest BCUT2D eigenvalue weighted by atomic mass is 16.5. The number of aliphatic carboxylic acids is 1. The van der Waals surface area contributed by atoms with Crippen LogP contribution in [0.15, 0.2) is 11.6 Å². The molecule has 0 amide bonds. The van der Waals surface area contributed by atoms with Gasteiger partial charge in [0.25, 0.3) is 0 Å². The fraction of sp³-hybridized carbons (Fsp3) is 0.850. The molecule has 3 aliphatic rings. The highest BCUT2D eigenvalue weighted by molar-refractivity contribution is 5.68. The van der Waals surface area contributed by atoms with Crippen molar-refractivity contribution in [3.05, 3.63) is 11.6 Å². The normalized spacial score (nSPS) is 45.6. The predicted molar refractivity (Wildman–Crippen MR) is 91.3 cm³/mol. The van der Waals surface area contributed by atoms with Crippen molar-refractivity contribution in [2.24, 2.45) is 16.7 Å². The predicted octanol–water partition coefficient (Wildman–Crippen LogP) is 4.95. The van der Waals surface area contributed by atoms with E-state index in [1.807, 2.05) is 6.92 Å². The Balaban J connectivity index is 2.02. The first-order valence-electron chi connectivity index (χ1n) is 9.14. The Kier molecular flexibility index (Phi) is 3.76. The molecule has 1 N–H and O–H groups in total. The van der Waals surface area contributed by atoms with E-state index in [0.717, 1.165) is 19.3 Å². The summed E-state index contributed by atoms with van der Waals surface area (Å²) >= 11 is 0. The summed E-state index contributed by atoms with van der Waals surface area (Å²) in [6.45, 7) is 11.4. The quantitative estimate of drug-likeness (QED) is 0.732. The van der Waals surface area contributed by atoms with Crippen molar-refractivity contribution in [1.82, 2.24) is 0 Å². The van der Waals surface area contributed by atoms with E-state index in [9.17, 15) is 9.90 Å². The minimum absolute atomic E-state index is 0.103. The summed E-state index contributed by atoms with van der Waals surface area (Å²) in [7, 11) is 0. The molecule has 3 nitrogen and oxygen atoms in total. The van der Waals surface area contributed by atoms with Crippen LogP contribution < -0.4 is 0 Å². The van der Waals surface area contributed by atoms with Crippen molar-refractivity contribution in [3.8, 4) is 0 Å². The van der Waals surface area contributed by atoms with Gasteiger partial charge >= 0.3 is 5.97 Å². The Morgan fingerprint density at radius 2 is 1.91 bits per heavy atom. The molecule has 23 heavy (non-hydrogen) atoms. The first kappa shape index (κ1) is 17.0. The molecule has 1 aliphatic heterocycles. The van der Waals surface area contributed by atoms with Crippen LogP contribution in [-0.2, 0) is 9.53 Å². The molecule has 0 aromatic heterocycles. The molecule has 0 bridgehead atoms. The maximum absolute atomic E-state index is 11.3. The number of rotatable bonds is 2. The van der Waals surface area contributed by atoms with E-state index in [4.69, 9.17) is 4.74 Å². The molecule has 1 spiro atoms. The van der Waals surface area contributed by atoms with Crippen molar-refractivity contribution in [3.63, 3.8) is 0 Å². The molecule has 130 valence electrons. The number of carboxylic acids is 1. The molecule has 2 aliphatic carbocycles. The Bertz CT molecular complexity index is 549. The van der Waals surface area contributed by atoms with Gasteiger partial charge in [-0.15, -0.1) is 0 Å². The summed E-state index contributed by atoms with van der Waals surface area (Å²) < 4.78 is 6.72. The van der Waals surface area contributed by atoms with Crippen molar-refractivity contribution in [2.75, 3.05) is 0 Å². The molecule has 1 heterocycles. The van der Waals surface area contributed by atoms with Gasteiger partial charge in [0.2, 0.25) is 0 Å². The fourth-order valence-electron chi connectivity index (χ4n) is 6.18. The molecule has 0 aromatic rings. The van der Waals surface area contributed by atoms with Gasteiger partial charge in [0, 0.05) is 5.41 Å². The van der Waals surface area contributed by atoms with E-state index in [2.05, 4.69) is 33.8 Å². The molecule has 0 aromatic carbocycles. The third kappa shape index (κ3) is 2.38. The number of hydrogen-bond acceptors (Lipinski definition) is 2. The largest absolute Gasteiger partial charge is 0.481 e. The Labute approximate surface area is 140 Å². The lowest BCUT2D eigenvalue weighted by atomic mass is 9.46. The number of allylic oxidation sites excluding steroid dienone is 1. The van der Waals surface area contributed by atoms with Gasteiger partial charge in [-0.3, -0.25) is 4.79 Å². The van der Waals surface area contributed by atoms with E-state index in [1.165, 1.54) is 24.8 Å².